The van der Waals surface area contributed by atoms with Gasteiger partial charge in [-0.15, -0.1) is 0 Å². The predicted octanol–water partition coefficient (Wildman–Crippen LogP) is 11.1. The van der Waals surface area contributed by atoms with Gasteiger partial charge >= 0.3 is 0 Å². The second-order valence-electron chi connectivity index (χ2n) is 12.2. The van der Waals surface area contributed by atoms with Crippen LogP contribution >= 0.6 is 0 Å². The van der Waals surface area contributed by atoms with Gasteiger partial charge in [0.05, 0.1) is 0 Å². The molecule has 0 rings (SSSR count). The molecule has 0 radical (unpaired) electrons. The number of hydrogen-bond donors (Lipinski definition) is 2. The number of unbranched alkanes of at least 4 members (excludes halogenated alkanes) is 16. The fourth-order valence-electron chi connectivity index (χ4n) is 5.17. The molecule has 4 heteroatoms. The zero-order chi connectivity index (χ0) is 30.8. The molecule has 0 bridgehead atoms. The molecule has 0 saturated heterocycles. The van der Waals surface area contributed by atoms with Gasteiger partial charge in [-0.1, -0.05) is 134 Å². The Hall–Kier alpha value is -1.84. The maximum atomic E-state index is 12.2. The van der Waals surface area contributed by atoms with E-state index in [-0.39, 0.29) is 17.9 Å². The van der Waals surface area contributed by atoms with E-state index in [1.807, 2.05) is 0 Å². The Morgan fingerprint density at radius 3 is 1.64 bits per heavy atom. The van der Waals surface area contributed by atoms with Gasteiger partial charge in [0.2, 0.25) is 11.8 Å². The summed E-state index contributed by atoms with van der Waals surface area (Å²) in [6, 6.07) is 0.214. The van der Waals surface area contributed by atoms with Crippen molar-refractivity contribution in [3.8, 4) is 0 Å². The van der Waals surface area contributed by atoms with E-state index < -0.39 is 0 Å². The first-order valence-corrected chi connectivity index (χ1v) is 18.1. The Morgan fingerprint density at radius 2 is 1.05 bits per heavy atom. The van der Waals surface area contributed by atoms with Crippen molar-refractivity contribution in [1.29, 1.82) is 0 Å². The van der Waals surface area contributed by atoms with Crippen LogP contribution in [0.25, 0.3) is 0 Å². The van der Waals surface area contributed by atoms with Gasteiger partial charge < -0.3 is 10.6 Å². The van der Waals surface area contributed by atoms with Gasteiger partial charge in [0.1, 0.15) is 0 Å². The Kier molecular flexibility index (Phi) is 32.2. The summed E-state index contributed by atoms with van der Waals surface area (Å²) in [4.78, 5) is 24.3. The van der Waals surface area contributed by atoms with Crippen LogP contribution in [0.15, 0.2) is 36.5 Å². The molecule has 2 N–H and O–H groups in total. The molecule has 244 valence electrons. The van der Waals surface area contributed by atoms with Crippen LogP contribution < -0.4 is 10.6 Å². The van der Waals surface area contributed by atoms with Crippen molar-refractivity contribution < 1.29 is 9.59 Å². The van der Waals surface area contributed by atoms with Gasteiger partial charge in [-0.2, -0.15) is 0 Å². The average molecular weight is 587 g/mol. The Bertz CT molecular complexity index is 683. The molecular weight excluding hydrogens is 516 g/mol. The first-order valence-electron chi connectivity index (χ1n) is 18.1. The van der Waals surface area contributed by atoms with E-state index >= 15 is 0 Å². The molecule has 0 aliphatic carbocycles. The van der Waals surface area contributed by atoms with Crippen LogP contribution in [0.5, 0.6) is 0 Å². The third kappa shape index (κ3) is 32.7. The van der Waals surface area contributed by atoms with Crippen LogP contribution in [0, 0.1) is 0 Å². The van der Waals surface area contributed by atoms with Crippen molar-refractivity contribution in [2.75, 3.05) is 6.54 Å². The topological polar surface area (TPSA) is 58.2 Å². The summed E-state index contributed by atoms with van der Waals surface area (Å²) in [7, 11) is 0. The van der Waals surface area contributed by atoms with Gasteiger partial charge in [0.25, 0.3) is 0 Å². The van der Waals surface area contributed by atoms with E-state index in [9.17, 15) is 9.59 Å². The molecule has 0 unspecified atom stereocenters. The van der Waals surface area contributed by atoms with Crippen LogP contribution in [0.1, 0.15) is 181 Å². The average Bonchev–Trinajstić information content (AvgIpc) is 2.97. The molecule has 0 aromatic carbocycles. The lowest BCUT2D eigenvalue weighted by molar-refractivity contribution is -0.122. The van der Waals surface area contributed by atoms with Gasteiger partial charge in [-0.25, -0.2) is 0 Å². The van der Waals surface area contributed by atoms with E-state index in [1.54, 1.807) is 0 Å². The minimum absolute atomic E-state index is 0.185. The number of carbonyl (C=O) groups is 2. The van der Waals surface area contributed by atoms with E-state index in [1.165, 1.54) is 83.5 Å². The van der Waals surface area contributed by atoms with E-state index in [0.717, 1.165) is 70.8 Å². The first kappa shape index (κ1) is 40.2. The molecule has 0 saturated carbocycles. The van der Waals surface area contributed by atoms with Crippen molar-refractivity contribution in [2.24, 2.45) is 0 Å². The number of rotatable bonds is 31. The van der Waals surface area contributed by atoms with E-state index in [0.29, 0.717) is 12.8 Å². The van der Waals surface area contributed by atoms with Gasteiger partial charge in [-0.05, 0) is 71.1 Å². The Balaban J connectivity index is 3.45. The maximum Gasteiger partial charge on any atom is 0.220 e. The number of allylic oxidation sites excluding steroid dienone is 6. The molecule has 0 heterocycles. The lowest BCUT2D eigenvalue weighted by atomic mass is 10.0. The number of hydrogen-bond acceptors (Lipinski definition) is 2. The summed E-state index contributed by atoms with van der Waals surface area (Å²) in [6.07, 6.45) is 42.3. The summed E-state index contributed by atoms with van der Waals surface area (Å²) in [6.45, 7) is 7.27. The second kappa shape index (κ2) is 33.7. The van der Waals surface area contributed by atoms with Crippen LogP contribution in [-0.2, 0) is 9.59 Å². The zero-order valence-corrected chi connectivity index (χ0v) is 28.2. The molecule has 42 heavy (non-hydrogen) atoms. The monoisotopic (exact) mass is 587 g/mol. The molecule has 0 aliphatic rings. The molecule has 1 atom stereocenters. The molecule has 4 nitrogen and oxygen atoms in total. The van der Waals surface area contributed by atoms with E-state index in [2.05, 4.69) is 67.9 Å². The summed E-state index contributed by atoms with van der Waals surface area (Å²) >= 11 is 0. The van der Waals surface area contributed by atoms with Crippen LogP contribution in [0.4, 0.5) is 0 Å². The molecule has 0 aromatic heterocycles. The Morgan fingerprint density at radius 1 is 0.548 bits per heavy atom. The van der Waals surface area contributed by atoms with Gasteiger partial charge in [0, 0.05) is 25.4 Å². The fraction of sp³-hybridized carbons (Fsp3) is 0.789. The van der Waals surface area contributed by atoms with Crippen molar-refractivity contribution in [2.45, 2.75) is 187 Å². The lowest BCUT2D eigenvalue weighted by Crippen LogP contribution is -2.32. The molecule has 0 aromatic rings. The maximum absolute atomic E-state index is 12.2. The molecule has 0 fully saturated rings. The number of amides is 2. The fourth-order valence-corrected chi connectivity index (χ4v) is 5.17. The van der Waals surface area contributed by atoms with Crippen molar-refractivity contribution in [3.05, 3.63) is 36.5 Å². The SMILES string of the molecule is CC/C=C\C/C=C\C/C=C\CCCCCCCC(=O)NCCCC[C@@H](C)NC(=O)CCCCCCCCCCCCC. The van der Waals surface area contributed by atoms with Crippen molar-refractivity contribution in [3.63, 3.8) is 0 Å². The van der Waals surface area contributed by atoms with E-state index in [4.69, 9.17) is 0 Å². The second-order valence-corrected chi connectivity index (χ2v) is 12.2. The summed E-state index contributed by atoms with van der Waals surface area (Å²) in [5.41, 5.74) is 0. The normalized spacial score (nSPS) is 12.5. The third-order valence-corrected chi connectivity index (χ3v) is 7.86. The lowest BCUT2D eigenvalue weighted by Gasteiger charge is -2.14. The summed E-state index contributed by atoms with van der Waals surface area (Å²) in [5, 5.41) is 6.22. The first-order chi connectivity index (χ1) is 20.6. The minimum atomic E-state index is 0.185. The predicted molar refractivity (Wildman–Crippen MR) is 185 cm³/mol. The summed E-state index contributed by atoms with van der Waals surface area (Å²) < 4.78 is 0. The van der Waals surface area contributed by atoms with Gasteiger partial charge in [-0.3, -0.25) is 9.59 Å². The molecule has 0 aliphatic heterocycles. The number of nitrogens with one attached hydrogen (secondary N) is 2. The van der Waals surface area contributed by atoms with Crippen LogP contribution in [0.2, 0.25) is 0 Å². The van der Waals surface area contributed by atoms with Crippen molar-refractivity contribution >= 4 is 11.8 Å². The highest BCUT2D eigenvalue weighted by Crippen LogP contribution is 2.12. The highest BCUT2D eigenvalue weighted by molar-refractivity contribution is 5.76. The van der Waals surface area contributed by atoms with Gasteiger partial charge in [0.15, 0.2) is 0 Å². The third-order valence-electron chi connectivity index (χ3n) is 7.86. The highest BCUT2D eigenvalue weighted by atomic mass is 16.2. The quantitative estimate of drug-likeness (QED) is 0.0627. The smallest absolute Gasteiger partial charge is 0.220 e. The van der Waals surface area contributed by atoms with Crippen LogP contribution in [0.3, 0.4) is 0 Å². The Labute approximate surface area is 262 Å². The minimum Gasteiger partial charge on any atom is -0.356 e. The largest absolute Gasteiger partial charge is 0.356 e. The number of carbonyl (C=O) groups excluding carboxylic acids is 2. The zero-order valence-electron chi connectivity index (χ0n) is 28.2. The van der Waals surface area contributed by atoms with Crippen LogP contribution in [-0.4, -0.2) is 24.4 Å². The molecular formula is C38H70N2O2. The highest BCUT2D eigenvalue weighted by Gasteiger charge is 2.07. The molecule has 2 amide bonds. The van der Waals surface area contributed by atoms with Crippen molar-refractivity contribution in [1.82, 2.24) is 10.6 Å². The standard InChI is InChI=1S/C38H70N2O2/c1-4-6-8-10-12-14-16-17-18-19-21-22-24-26-28-33-37(41)39-35-31-30-32-36(3)40-38(42)34-29-27-25-23-20-15-13-11-9-7-5-2/h6,8,12,14,17-18,36H,4-5,7,9-11,13,15-16,19-35H2,1-3H3,(H,39,41)(H,40,42)/b8-6-,14-12-,18-17-/t36-/m1/s1. The molecule has 0 spiro atoms. The summed E-state index contributed by atoms with van der Waals surface area (Å²) in [5.74, 6) is 0.381.